The van der Waals surface area contributed by atoms with Gasteiger partial charge in [-0.2, -0.15) is 0 Å². The molecule has 20 heavy (non-hydrogen) atoms. The van der Waals surface area contributed by atoms with Gasteiger partial charge in [-0.3, -0.25) is 4.79 Å². The Labute approximate surface area is 118 Å². The summed E-state index contributed by atoms with van der Waals surface area (Å²) in [5.41, 5.74) is 0.449. The van der Waals surface area contributed by atoms with Crippen LogP contribution in [0.4, 0.5) is 0 Å². The van der Waals surface area contributed by atoms with E-state index in [4.69, 9.17) is 14.6 Å². The normalized spacial score (nSPS) is 17.5. The van der Waals surface area contributed by atoms with Crippen molar-refractivity contribution in [2.45, 2.75) is 32.0 Å². The van der Waals surface area contributed by atoms with Crippen molar-refractivity contribution in [2.75, 3.05) is 19.8 Å². The molecular formula is C14H20N2O4. The summed E-state index contributed by atoms with van der Waals surface area (Å²) in [4.78, 5) is 15.9. The van der Waals surface area contributed by atoms with Crippen LogP contribution in [0.1, 0.15) is 30.1 Å². The van der Waals surface area contributed by atoms with Gasteiger partial charge in [-0.25, -0.2) is 4.98 Å². The molecule has 0 unspecified atom stereocenters. The SMILES string of the molecule is C[C@H](O)CNC(=O)c1ccc(OC2CCOCC2)nc1. The van der Waals surface area contributed by atoms with Gasteiger partial charge < -0.3 is 19.9 Å². The Hall–Kier alpha value is -1.66. The number of aromatic nitrogens is 1. The van der Waals surface area contributed by atoms with Crippen LogP contribution < -0.4 is 10.1 Å². The Bertz CT molecular complexity index is 427. The lowest BCUT2D eigenvalue weighted by molar-refractivity contribution is 0.0237. The van der Waals surface area contributed by atoms with Gasteiger partial charge >= 0.3 is 0 Å². The summed E-state index contributed by atoms with van der Waals surface area (Å²) in [6.07, 6.45) is 2.76. The van der Waals surface area contributed by atoms with E-state index in [0.717, 1.165) is 12.8 Å². The number of hydrogen-bond acceptors (Lipinski definition) is 5. The van der Waals surface area contributed by atoms with Gasteiger partial charge in [0.15, 0.2) is 0 Å². The molecule has 1 aromatic heterocycles. The summed E-state index contributed by atoms with van der Waals surface area (Å²) < 4.78 is 11.0. The van der Waals surface area contributed by atoms with Crippen LogP contribution in [-0.4, -0.2) is 48.0 Å². The molecule has 110 valence electrons. The molecule has 1 aliphatic rings. The van der Waals surface area contributed by atoms with Gasteiger partial charge in [0.05, 0.1) is 24.9 Å². The molecule has 6 nitrogen and oxygen atoms in total. The molecule has 0 spiro atoms. The van der Waals surface area contributed by atoms with Gasteiger partial charge in [-0.15, -0.1) is 0 Å². The fourth-order valence-electron chi connectivity index (χ4n) is 1.89. The topological polar surface area (TPSA) is 80.7 Å². The van der Waals surface area contributed by atoms with Gasteiger partial charge in [-0.05, 0) is 13.0 Å². The van der Waals surface area contributed by atoms with E-state index in [0.29, 0.717) is 24.7 Å². The van der Waals surface area contributed by atoms with Crippen molar-refractivity contribution in [3.63, 3.8) is 0 Å². The standard InChI is InChI=1S/C14H20N2O4/c1-10(17)8-16-14(18)11-2-3-13(15-9-11)20-12-4-6-19-7-5-12/h2-3,9-10,12,17H,4-8H2,1H3,(H,16,18)/t10-/m0/s1. The first-order chi connectivity index (χ1) is 9.65. The number of nitrogens with zero attached hydrogens (tertiary/aromatic N) is 1. The number of nitrogens with one attached hydrogen (secondary N) is 1. The molecule has 0 aromatic carbocycles. The number of hydrogen-bond donors (Lipinski definition) is 2. The van der Waals surface area contributed by atoms with Crippen molar-refractivity contribution < 1.29 is 19.4 Å². The first-order valence-electron chi connectivity index (χ1n) is 6.82. The Kier molecular flexibility index (Phi) is 5.31. The third kappa shape index (κ3) is 4.47. The average Bonchev–Trinajstić information content (AvgIpc) is 2.46. The second kappa shape index (κ2) is 7.21. The van der Waals surface area contributed by atoms with E-state index in [1.165, 1.54) is 6.20 Å². The summed E-state index contributed by atoms with van der Waals surface area (Å²) in [6.45, 7) is 3.26. The Balaban J connectivity index is 1.87. The van der Waals surface area contributed by atoms with Crippen molar-refractivity contribution in [1.29, 1.82) is 0 Å². The molecule has 1 atom stereocenters. The Morgan fingerprint density at radius 1 is 1.55 bits per heavy atom. The van der Waals surface area contributed by atoms with Crippen LogP contribution in [0.5, 0.6) is 5.88 Å². The lowest BCUT2D eigenvalue weighted by Crippen LogP contribution is -2.30. The molecule has 1 amide bonds. The molecule has 1 fully saturated rings. The Morgan fingerprint density at radius 2 is 2.30 bits per heavy atom. The maximum absolute atomic E-state index is 11.7. The summed E-state index contributed by atoms with van der Waals surface area (Å²) in [5.74, 6) is 0.264. The second-order valence-corrected chi connectivity index (χ2v) is 4.87. The summed E-state index contributed by atoms with van der Waals surface area (Å²) in [6, 6.07) is 3.35. The van der Waals surface area contributed by atoms with Crippen molar-refractivity contribution >= 4 is 5.91 Å². The van der Waals surface area contributed by atoms with Gasteiger partial charge in [0.2, 0.25) is 5.88 Å². The van der Waals surface area contributed by atoms with Crippen LogP contribution in [0, 0.1) is 0 Å². The van der Waals surface area contributed by atoms with Crippen LogP contribution in [0.15, 0.2) is 18.3 Å². The van der Waals surface area contributed by atoms with Crippen molar-refractivity contribution in [1.82, 2.24) is 10.3 Å². The lowest BCUT2D eigenvalue weighted by Gasteiger charge is -2.22. The maximum atomic E-state index is 11.7. The minimum Gasteiger partial charge on any atom is -0.474 e. The highest BCUT2D eigenvalue weighted by molar-refractivity contribution is 5.93. The number of rotatable bonds is 5. The highest BCUT2D eigenvalue weighted by Crippen LogP contribution is 2.15. The number of aliphatic hydroxyl groups excluding tert-OH is 1. The molecule has 6 heteroatoms. The molecule has 1 aromatic rings. The number of ether oxygens (including phenoxy) is 2. The van der Waals surface area contributed by atoms with Crippen molar-refractivity contribution in [3.05, 3.63) is 23.9 Å². The summed E-state index contributed by atoms with van der Waals surface area (Å²) >= 11 is 0. The van der Waals surface area contributed by atoms with E-state index in [2.05, 4.69) is 10.3 Å². The minimum absolute atomic E-state index is 0.131. The molecule has 2 rings (SSSR count). The monoisotopic (exact) mass is 280 g/mol. The highest BCUT2D eigenvalue weighted by atomic mass is 16.5. The van der Waals surface area contributed by atoms with E-state index in [1.54, 1.807) is 19.1 Å². The molecule has 0 bridgehead atoms. The zero-order valence-corrected chi connectivity index (χ0v) is 11.5. The van der Waals surface area contributed by atoms with Crippen LogP contribution in [0.3, 0.4) is 0 Å². The molecule has 2 heterocycles. The number of carbonyl (C=O) groups is 1. The first-order valence-corrected chi connectivity index (χ1v) is 6.82. The molecule has 1 saturated heterocycles. The fourth-order valence-corrected chi connectivity index (χ4v) is 1.89. The quantitative estimate of drug-likeness (QED) is 0.832. The summed E-state index contributed by atoms with van der Waals surface area (Å²) in [7, 11) is 0. The number of carbonyl (C=O) groups excluding carboxylic acids is 1. The third-order valence-corrected chi connectivity index (χ3v) is 3.01. The zero-order valence-electron chi connectivity index (χ0n) is 11.5. The second-order valence-electron chi connectivity index (χ2n) is 4.87. The zero-order chi connectivity index (χ0) is 14.4. The maximum Gasteiger partial charge on any atom is 0.252 e. The van der Waals surface area contributed by atoms with E-state index >= 15 is 0 Å². The highest BCUT2D eigenvalue weighted by Gasteiger charge is 2.16. The molecule has 2 N–H and O–H groups in total. The van der Waals surface area contributed by atoms with Crippen molar-refractivity contribution in [3.8, 4) is 5.88 Å². The molecular weight excluding hydrogens is 260 g/mol. The van der Waals surface area contributed by atoms with Gasteiger partial charge in [0.25, 0.3) is 5.91 Å². The van der Waals surface area contributed by atoms with E-state index < -0.39 is 6.10 Å². The number of pyridine rings is 1. The van der Waals surface area contributed by atoms with Crippen LogP contribution in [-0.2, 0) is 4.74 Å². The first kappa shape index (κ1) is 14.7. The largest absolute Gasteiger partial charge is 0.474 e. The van der Waals surface area contributed by atoms with E-state index in [-0.39, 0.29) is 18.6 Å². The number of amides is 1. The van der Waals surface area contributed by atoms with Crippen LogP contribution in [0.2, 0.25) is 0 Å². The molecule has 0 saturated carbocycles. The average molecular weight is 280 g/mol. The van der Waals surface area contributed by atoms with E-state index in [9.17, 15) is 4.79 Å². The molecule has 0 radical (unpaired) electrons. The van der Waals surface area contributed by atoms with E-state index in [1.807, 2.05) is 0 Å². The van der Waals surface area contributed by atoms with Crippen LogP contribution in [0.25, 0.3) is 0 Å². The van der Waals surface area contributed by atoms with Gasteiger partial charge in [-0.1, -0.05) is 0 Å². The van der Waals surface area contributed by atoms with Gasteiger partial charge in [0, 0.05) is 31.6 Å². The predicted octanol–water partition coefficient (Wildman–Crippen LogP) is 0.750. The smallest absolute Gasteiger partial charge is 0.252 e. The van der Waals surface area contributed by atoms with Crippen molar-refractivity contribution in [2.24, 2.45) is 0 Å². The minimum atomic E-state index is -0.567. The predicted molar refractivity (Wildman–Crippen MR) is 72.7 cm³/mol. The molecule has 0 aliphatic carbocycles. The Morgan fingerprint density at radius 3 is 2.90 bits per heavy atom. The lowest BCUT2D eigenvalue weighted by atomic mass is 10.1. The van der Waals surface area contributed by atoms with Gasteiger partial charge in [0.1, 0.15) is 6.10 Å². The summed E-state index contributed by atoms with van der Waals surface area (Å²) in [5, 5.41) is 11.7. The fraction of sp³-hybridized carbons (Fsp3) is 0.571. The third-order valence-electron chi connectivity index (χ3n) is 3.01. The number of aliphatic hydroxyl groups is 1. The molecule has 1 aliphatic heterocycles. The van der Waals surface area contributed by atoms with Crippen LogP contribution >= 0.6 is 0 Å².